The van der Waals surface area contributed by atoms with E-state index in [0.29, 0.717) is 18.6 Å². The fourth-order valence-corrected chi connectivity index (χ4v) is 5.64. The van der Waals surface area contributed by atoms with Crippen LogP contribution >= 0.6 is 12.4 Å². The van der Waals surface area contributed by atoms with E-state index in [9.17, 15) is 10.2 Å². The van der Waals surface area contributed by atoms with E-state index in [1.807, 2.05) is 0 Å². The number of ether oxygens (including phenoxy) is 1. The van der Waals surface area contributed by atoms with Crippen molar-refractivity contribution in [1.82, 2.24) is 5.32 Å². The zero-order valence-electron chi connectivity index (χ0n) is 13.0. The molecule has 4 atom stereocenters. The number of nitrogens with one attached hydrogen (secondary N) is 1. The highest BCUT2D eigenvalue weighted by molar-refractivity contribution is 5.85. The number of hydrogen-bond donors (Lipinski definition) is 3. The summed E-state index contributed by atoms with van der Waals surface area (Å²) in [7, 11) is 0. The molecule has 2 heterocycles. The molecule has 5 aliphatic rings. The summed E-state index contributed by atoms with van der Waals surface area (Å²) in [6.45, 7) is 9.23. The van der Waals surface area contributed by atoms with Gasteiger partial charge < -0.3 is 20.3 Å². The molecule has 2 saturated heterocycles. The standard InChI is InChI=1S/C18H21NO3.ClH/c1-9-3-4-18(21)13-8-11-10(2)7-12(20)15-14(11)17(18,5-6-19-13)16(9)22-15;/h13,16,19-21H,1-8H2;1H/t13-,16?,17+,18-;/m1./s1. The number of allylic oxidation sites excluding steroid dienone is 2. The third kappa shape index (κ3) is 1.46. The SMILES string of the molecule is C=C1CC(O)=C2OC3C(=C)CC[C@@]4(O)[C@H]5CC1=C2[C@@]34CCN5.Cl. The molecule has 1 saturated carbocycles. The van der Waals surface area contributed by atoms with E-state index in [-0.39, 0.29) is 30.3 Å². The number of aliphatic hydroxyl groups is 2. The first-order valence-corrected chi connectivity index (χ1v) is 8.13. The van der Waals surface area contributed by atoms with Crippen LogP contribution in [-0.2, 0) is 4.74 Å². The summed E-state index contributed by atoms with van der Waals surface area (Å²) in [5.41, 5.74) is 2.94. The summed E-state index contributed by atoms with van der Waals surface area (Å²) in [6, 6.07) is 0.0375. The van der Waals surface area contributed by atoms with Crippen molar-refractivity contribution >= 4 is 12.4 Å². The Morgan fingerprint density at radius 1 is 1.26 bits per heavy atom. The van der Waals surface area contributed by atoms with Gasteiger partial charge in [0.1, 0.15) is 11.9 Å². The average molecular weight is 336 g/mol. The Morgan fingerprint density at radius 2 is 2.04 bits per heavy atom. The van der Waals surface area contributed by atoms with Crippen molar-refractivity contribution in [3.05, 3.63) is 47.0 Å². The number of aliphatic hydroxyl groups excluding tert-OH is 1. The van der Waals surface area contributed by atoms with Crippen molar-refractivity contribution in [2.75, 3.05) is 6.54 Å². The predicted octanol–water partition coefficient (Wildman–Crippen LogP) is 2.67. The molecule has 0 amide bonds. The van der Waals surface area contributed by atoms with Gasteiger partial charge in [-0.05, 0) is 48.9 Å². The largest absolute Gasteiger partial charge is 0.508 e. The van der Waals surface area contributed by atoms with Crippen molar-refractivity contribution in [1.29, 1.82) is 0 Å². The lowest BCUT2D eigenvalue weighted by atomic mass is 9.48. The fourth-order valence-electron chi connectivity index (χ4n) is 5.64. The highest BCUT2D eigenvalue weighted by atomic mass is 35.5. The van der Waals surface area contributed by atoms with E-state index in [1.165, 1.54) is 5.57 Å². The Balaban J connectivity index is 0.00000135. The molecule has 0 aromatic heterocycles. The van der Waals surface area contributed by atoms with E-state index in [0.717, 1.165) is 42.5 Å². The normalized spacial score (nSPS) is 43.9. The second-order valence-electron chi connectivity index (χ2n) is 7.42. The van der Waals surface area contributed by atoms with Gasteiger partial charge in [0.2, 0.25) is 0 Å². The van der Waals surface area contributed by atoms with Crippen LogP contribution in [0.5, 0.6) is 0 Å². The minimum Gasteiger partial charge on any atom is -0.508 e. The summed E-state index contributed by atoms with van der Waals surface area (Å²) < 4.78 is 6.21. The van der Waals surface area contributed by atoms with Crippen molar-refractivity contribution in [2.24, 2.45) is 5.41 Å². The van der Waals surface area contributed by atoms with Gasteiger partial charge in [0.25, 0.3) is 0 Å². The third-order valence-corrected chi connectivity index (χ3v) is 6.59. The first kappa shape index (κ1) is 15.3. The maximum atomic E-state index is 11.6. The molecule has 3 N–H and O–H groups in total. The van der Waals surface area contributed by atoms with Crippen molar-refractivity contribution < 1.29 is 14.9 Å². The first-order chi connectivity index (χ1) is 10.5. The van der Waals surface area contributed by atoms with Crippen LogP contribution in [-0.4, -0.2) is 34.5 Å². The second kappa shape index (κ2) is 4.44. The quantitative estimate of drug-likeness (QED) is 0.596. The molecule has 0 aromatic carbocycles. The minimum absolute atomic E-state index is 0. The molecule has 23 heavy (non-hydrogen) atoms. The van der Waals surface area contributed by atoms with Gasteiger partial charge in [0.05, 0.1) is 11.0 Å². The van der Waals surface area contributed by atoms with Gasteiger partial charge in [0.15, 0.2) is 5.76 Å². The minimum atomic E-state index is -0.824. The van der Waals surface area contributed by atoms with Crippen LogP contribution in [0.1, 0.15) is 32.1 Å². The maximum absolute atomic E-state index is 11.6. The van der Waals surface area contributed by atoms with Gasteiger partial charge >= 0.3 is 0 Å². The lowest BCUT2D eigenvalue weighted by Gasteiger charge is -2.60. The molecule has 124 valence electrons. The van der Waals surface area contributed by atoms with E-state index < -0.39 is 11.0 Å². The highest BCUT2D eigenvalue weighted by Crippen LogP contribution is 2.68. The van der Waals surface area contributed by atoms with Crippen molar-refractivity contribution in [3.8, 4) is 0 Å². The number of hydrogen-bond acceptors (Lipinski definition) is 4. The van der Waals surface area contributed by atoms with Crippen LogP contribution in [0.25, 0.3) is 0 Å². The smallest absolute Gasteiger partial charge is 0.162 e. The molecule has 0 aromatic rings. The number of piperidine rings is 1. The van der Waals surface area contributed by atoms with Gasteiger partial charge in [-0.25, -0.2) is 0 Å². The van der Waals surface area contributed by atoms with E-state index in [4.69, 9.17) is 4.74 Å². The molecule has 3 fully saturated rings. The predicted molar refractivity (Wildman–Crippen MR) is 89.3 cm³/mol. The lowest BCUT2D eigenvalue weighted by Crippen LogP contribution is -2.72. The van der Waals surface area contributed by atoms with Gasteiger partial charge in [-0.3, -0.25) is 0 Å². The number of halogens is 1. The molecule has 3 aliphatic carbocycles. The van der Waals surface area contributed by atoms with Gasteiger partial charge in [-0.1, -0.05) is 13.2 Å². The number of rotatable bonds is 0. The van der Waals surface area contributed by atoms with Crippen LogP contribution in [0.3, 0.4) is 0 Å². The second-order valence-corrected chi connectivity index (χ2v) is 7.42. The first-order valence-electron chi connectivity index (χ1n) is 8.13. The Hall–Kier alpha value is -1.23. The topological polar surface area (TPSA) is 61.7 Å². The summed E-state index contributed by atoms with van der Waals surface area (Å²) in [5.74, 6) is 0.869. The molecule has 1 unspecified atom stereocenters. The van der Waals surface area contributed by atoms with Gasteiger partial charge in [-0.2, -0.15) is 0 Å². The Labute approximate surface area is 142 Å². The Kier molecular flexibility index (Phi) is 2.95. The Morgan fingerprint density at radius 3 is 2.83 bits per heavy atom. The van der Waals surface area contributed by atoms with Crippen LogP contribution in [0.2, 0.25) is 0 Å². The summed E-state index contributed by atoms with van der Waals surface area (Å²) in [4.78, 5) is 0. The van der Waals surface area contributed by atoms with Crippen LogP contribution in [0, 0.1) is 5.41 Å². The molecule has 2 aliphatic heterocycles. The van der Waals surface area contributed by atoms with Gasteiger partial charge in [-0.15, -0.1) is 12.4 Å². The fraction of sp³-hybridized carbons (Fsp3) is 0.556. The van der Waals surface area contributed by atoms with Crippen LogP contribution < -0.4 is 5.32 Å². The zero-order chi connectivity index (χ0) is 15.3. The monoisotopic (exact) mass is 335 g/mol. The third-order valence-electron chi connectivity index (χ3n) is 6.59. The average Bonchev–Trinajstić information content (AvgIpc) is 2.80. The highest BCUT2D eigenvalue weighted by Gasteiger charge is 2.72. The van der Waals surface area contributed by atoms with E-state index >= 15 is 0 Å². The molecule has 1 spiro atoms. The summed E-state index contributed by atoms with van der Waals surface area (Å²) >= 11 is 0. The molecule has 0 radical (unpaired) electrons. The zero-order valence-corrected chi connectivity index (χ0v) is 13.8. The molecule has 5 rings (SSSR count). The molecule has 2 bridgehead atoms. The Bertz CT molecular complexity index is 709. The van der Waals surface area contributed by atoms with Crippen LogP contribution in [0.4, 0.5) is 0 Å². The lowest BCUT2D eigenvalue weighted by molar-refractivity contribution is -0.159. The van der Waals surface area contributed by atoms with E-state index in [1.54, 1.807) is 0 Å². The van der Waals surface area contributed by atoms with Crippen LogP contribution in [0.15, 0.2) is 47.0 Å². The molecule has 4 nitrogen and oxygen atoms in total. The summed E-state index contributed by atoms with van der Waals surface area (Å²) in [5, 5.41) is 25.6. The molecular weight excluding hydrogens is 314 g/mol. The molecule has 5 heteroatoms. The van der Waals surface area contributed by atoms with E-state index in [2.05, 4.69) is 18.5 Å². The maximum Gasteiger partial charge on any atom is 0.162 e. The van der Waals surface area contributed by atoms with Crippen molar-refractivity contribution in [3.63, 3.8) is 0 Å². The van der Waals surface area contributed by atoms with Gasteiger partial charge in [0, 0.05) is 18.0 Å². The van der Waals surface area contributed by atoms with Crippen molar-refractivity contribution in [2.45, 2.75) is 49.9 Å². The molecular formula is C18H22ClNO3. The summed E-state index contributed by atoms with van der Waals surface area (Å²) in [6.07, 6.45) is 3.30.